The van der Waals surface area contributed by atoms with Crippen LogP contribution >= 0.6 is 0 Å². The maximum Gasteiger partial charge on any atom is 0.419 e. The van der Waals surface area contributed by atoms with Crippen LogP contribution in [0.15, 0.2) is 55.6 Å². The van der Waals surface area contributed by atoms with Crippen LogP contribution in [0.1, 0.15) is 23.6 Å². The third-order valence-corrected chi connectivity index (χ3v) is 3.71. The van der Waals surface area contributed by atoms with E-state index < -0.39 is 17.6 Å². The average Bonchev–Trinajstić information content (AvgIpc) is 2.52. The van der Waals surface area contributed by atoms with Crippen LogP contribution in [0.4, 0.5) is 23.2 Å². The Labute approximate surface area is 138 Å². The van der Waals surface area contributed by atoms with Gasteiger partial charge in [0.15, 0.2) is 0 Å². The molecule has 0 spiro atoms. The normalized spacial score (nSPS) is 12.5. The summed E-state index contributed by atoms with van der Waals surface area (Å²) in [7, 11) is 0. The minimum absolute atomic E-state index is 0.255. The van der Waals surface area contributed by atoms with Gasteiger partial charge in [-0.15, -0.1) is 0 Å². The van der Waals surface area contributed by atoms with Crippen LogP contribution in [0.2, 0.25) is 0 Å². The molecule has 0 aliphatic rings. The molecule has 2 aromatic carbocycles. The van der Waals surface area contributed by atoms with Gasteiger partial charge in [-0.1, -0.05) is 43.5 Å². The van der Waals surface area contributed by atoms with Gasteiger partial charge in [0.05, 0.1) is 5.56 Å². The Kier molecular flexibility index (Phi) is 5.12. The Morgan fingerprint density at radius 2 is 1.83 bits per heavy atom. The summed E-state index contributed by atoms with van der Waals surface area (Å²) in [6.45, 7) is 9.57. The van der Waals surface area contributed by atoms with E-state index in [0.29, 0.717) is 0 Å². The molecular formula is C19H17F4N. The zero-order chi connectivity index (χ0) is 17.9. The van der Waals surface area contributed by atoms with Gasteiger partial charge in [0.1, 0.15) is 5.82 Å². The van der Waals surface area contributed by atoms with Gasteiger partial charge >= 0.3 is 6.18 Å². The fourth-order valence-corrected chi connectivity index (χ4v) is 2.37. The third kappa shape index (κ3) is 3.85. The maximum atomic E-state index is 13.6. The lowest BCUT2D eigenvalue weighted by atomic mass is 9.96. The highest BCUT2D eigenvalue weighted by Gasteiger charge is 2.33. The molecule has 0 saturated heterocycles. The first-order chi connectivity index (χ1) is 11.2. The maximum absolute atomic E-state index is 13.6. The van der Waals surface area contributed by atoms with Gasteiger partial charge in [0.25, 0.3) is 0 Å². The smallest absolute Gasteiger partial charge is 0.378 e. The molecule has 0 heterocycles. The minimum Gasteiger partial charge on any atom is -0.378 e. The molecule has 0 saturated carbocycles. The van der Waals surface area contributed by atoms with Crippen molar-refractivity contribution in [3.8, 4) is 0 Å². The first-order valence-corrected chi connectivity index (χ1v) is 7.28. The Morgan fingerprint density at radius 3 is 2.42 bits per heavy atom. The molecule has 24 heavy (non-hydrogen) atoms. The van der Waals surface area contributed by atoms with Gasteiger partial charge in [-0.3, -0.25) is 0 Å². The van der Waals surface area contributed by atoms with Gasteiger partial charge in [-0.25, -0.2) is 4.39 Å². The van der Waals surface area contributed by atoms with Crippen molar-refractivity contribution < 1.29 is 17.6 Å². The average molecular weight is 335 g/mol. The van der Waals surface area contributed by atoms with Crippen LogP contribution in [0, 0.1) is 5.82 Å². The number of anilines is 1. The van der Waals surface area contributed by atoms with Crippen molar-refractivity contribution in [2.75, 3.05) is 5.32 Å². The third-order valence-electron chi connectivity index (χ3n) is 3.71. The molecule has 0 aliphatic heterocycles. The Bertz CT molecular complexity index is 762. The standard InChI is InChI=1S/C19H17F4N/c1-4-14-7-5-6-8-16(14)12(2)13(3)24-15-9-10-17(18(20)11-15)19(21,22)23/h4-11,13,24H,1-2H2,3H3. The zero-order valence-corrected chi connectivity index (χ0v) is 13.1. The van der Waals surface area contributed by atoms with Gasteiger partial charge < -0.3 is 5.32 Å². The first kappa shape index (κ1) is 17.8. The molecule has 0 radical (unpaired) electrons. The second-order valence-corrected chi connectivity index (χ2v) is 5.38. The molecule has 1 atom stereocenters. The molecule has 0 amide bonds. The Hall–Kier alpha value is -2.56. The highest BCUT2D eigenvalue weighted by Crippen LogP contribution is 2.33. The predicted molar refractivity (Wildman–Crippen MR) is 90.1 cm³/mol. The van der Waals surface area contributed by atoms with Crippen molar-refractivity contribution in [1.29, 1.82) is 0 Å². The number of halogens is 4. The molecule has 0 bridgehead atoms. The fraction of sp³-hybridized carbons (Fsp3) is 0.158. The summed E-state index contributed by atoms with van der Waals surface area (Å²) in [6.07, 6.45) is -3.01. The lowest BCUT2D eigenvalue weighted by molar-refractivity contribution is -0.139. The van der Waals surface area contributed by atoms with Gasteiger partial charge in [0, 0.05) is 11.7 Å². The SMILES string of the molecule is C=Cc1ccccc1C(=C)C(C)Nc1ccc(C(F)(F)F)c(F)c1. The van der Waals surface area contributed by atoms with Crippen LogP contribution in [0.3, 0.4) is 0 Å². The number of nitrogens with one attached hydrogen (secondary N) is 1. The Morgan fingerprint density at radius 1 is 1.17 bits per heavy atom. The van der Waals surface area contributed by atoms with E-state index in [9.17, 15) is 17.6 Å². The quantitative estimate of drug-likeness (QED) is 0.661. The van der Waals surface area contributed by atoms with Crippen LogP contribution in [-0.4, -0.2) is 6.04 Å². The van der Waals surface area contributed by atoms with Crippen molar-refractivity contribution in [3.05, 3.63) is 78.1 Å². The monoisotopic (exact) mass is 335 g/mol. The molecule has 5 heteroatoms. The van der Waals surface area contributed by atoms with E-state index in [4.69, 9.17) is 0 Å². The molecular weight excluding hydrogens is 318 g/mol. The van der Waals surface area contributed by atoms with Crippen molar-refractivity contribution in [1.82, 2.24) is 0 Å². The van der Waals surface area contributed by atoms with E-state index >= 15 is 0 Å². The zero-order valence-electron chi connectivity index (χ0n) is 13.1. The van der Waals surface area contributed by atoms with E-state index in [2.05, 4.69) is 18.5 Å². The molecule has 2 rings (SSSR count). The lowest BCUT2D eigenvalue weighted by Gasteiger charge is -2.20. The Balaban J connectivity index is 2.20. The molecule has 1 N–H and O–H groups in total. The van der Waals surface area contributed by atoms with E-state index in [1.807, 2.05) is 24.3 Å². The van der Waals surface area contributed by atoms with E-state index in [1.165, 1.54) is 6.07 Å². The lowest BCUT2D eigenvalue weighted by Crippen LogP contribution is -2.18. The summed E-state index contributed by atoms with van der Waals surface area (Å²) in [5.41, 5.74) is 1.47. The summed E-state index contributed by atoms with van der Waals surface area (Å²) in [5.74, 6) is -1.31. The summed E-state index contributed by atoms with van der Waals surface area (Å²) in [6, 6.07) is 9.96. The van der Waals surface area contributed by atoms with Crippen molar-refractivity contribution in [2.24, 2.45) is 0 Å². The second kappa shape index (κ2) is 6.91. The number of rotatable bonds is 5. The summed E-state index contributed by atoms with van der Waals surface area (Å²) >= 11 is 0. The number of hydrogen-bond donors (Lipinski definition) is 1. The topological polar surface area (TPSA) is 12.0 Å². The highest BCUT2D eigenvalue weighted by molar-refractivity contribution is 5.76. The predicted octanol–water partition coefficient (Wildman–Crippen LogP) is 6.00. The summed E-state index contributed by atoms with van der Waals surface area (Å²) < 4.78 is 51.4. The van der Waals surface area contributed by atoms with Crippen LogP contribution in [0.5, 0.6) is 0 Å². The molecule has 1 nitrogen and oxygen atoms in total. The second-order valence-electron chi connectivity index (χ2n) is 5.38. The van der Waals surface area contributed by atoms with Crippen molar-refractivity contribution in [2.45, 2.75) is 19.1 Å². The van der Waals surface area contributed by atoms with Crippen LogP contribution in [0.25, 0.3) is 11.6 Å². The van der Waals surface area contributed by atoms with Crippen molar-refractivity contribution >= 4 is 17.3 Å². The first-order valence-electron chi connectivity index (χ1n) is 7.28. The van der Waals surface area contributed by atoms with Gasteiger partial charge in [-0.2, -0.15) is 13.2 Å². The molecule has 0 aliphatic carbocycles. The molecule has 0 aromatic heterocycles. The minimum atomic E-state index is -4.71. The molecule has 1 unspecified atom stereocenters. The largest absolute Gasteiger partial charge is 0.419 e. The summed E-state index contributed by atoms with van der Waals surface area (Å²) in [4.78, 5) is 0. The van der Waals surface area contributed by atoms with Gasteiger partial charge in [-0.05, 0) is 41.8 Å². The number of alkyl halides is 3. The fourth-order valence-electron chi connectivity index (χ4n) is 2.37. The number of benzene rings is 2. The van der Waals surface area contributed by atoms with Gasteiger partial charge in [0.2, 0.25) is 0 Å². The molecule has 0 fully saturated rings. The summed E-state index contributed by atoms with van der Waals surface area (Å²) in [5, 5.41) is 2.97. The molecule has 2 aromatic rings. The highest BCUT2D eigenvalue weighted by atomic mass is 19.4. The van der Waals surface area contributed by atoms with E-state index in [1.54, 1.807) is 13.0 Å². The van der Waals surface area contributed by atoms with Crippen LogP contribution < -0.4 is 5.32 Å². The van der Waals surface area contributed by atoms with Crippen molar-refractivity contribution in [3.63, 3.8) is 0 Å². The van der Waals surface area contributed by atoms with E-state index in [0.717, 1.165) is 28.8 Å². The van der Waals surface area contributed by atoms with E-state index in [-0.39, 0.29) is 11.7 Å². The van der Waals surface area contributed by atoms with Crippen LogP contribution in [-0.2, 0) is 6.18 Å². The number of hydrogen-bond acceptors (Lipinski definition) is 1. The molecule has 126 valence electrons.